The van der Waals surface area contributed by atoms with E-state index in [0.717, 1.165) is 5.56 Å². The molecule has 1 amide bonds. The summed E-state index contributed by atoms with van der Waals surface area (Å²) in [4.78, 5) is 20.3. The van der Waals surface area contributed by atoms with Crippen LogP contribution in [0.1, 0.15) is 12.5 Å². The normalized spacial score (nSPS) is 12.7. The van der Waals surface area contributed by atoms with Crippen molar-refractivity contribution in [3.05, 3.63) is 54.4 Å². The molecule has 102 valence electrons. The second-order valence-corrected chi connectivity index (χ2v) is 4.16. The summed E-state index contributed by atoms with van der Waals surface area (Å²) < 4.78 is 0. The van der Waals surface area contributed by atoms with Gasteiger partial charge in [-0.05, 0) is 6.07 Å². The highest BCUT2D eigenvalue weighted by atomic mass is 35.5. The van der Waals surface area contributed by atoms with Crippen molar-refractivity contribution in [2.24, 2.45) is 4.99 Å². The van der Waals surface area contributed by atoms with Gasteiger partial charge < -0.3 is 0 Å². The molecule has 20 heavy (non-hydrogen) atoms. The molecule has 0 saturated heterocycles. The lowest BCUT2D eigenvalue weighted by Crippen LogP contribution is -2.47. The van der Waals surface area contributed by atoms with Gasteiger partial charge in [-0.15, -0.1) is 12.4 Å². The van der Waals surface area contributed by atoms with Crippen molar-refractivity contribution < 1.29 is 4.79 Å². The van der Waals surface area contributed by atoms with Crippen molar-refractivity contribution >= 4 is 35.5 Å². The molecule has 1 aromatic heterocycles. The van der Waals surface area contributed by atoms with E-state index >= 15 is 0 Å². The summed E-state index contributed by atoms with van der Waals surface area (Å²) in [7, 11) is 0. The molecule has 0 saturated carbocycles. The lowest BCUT2D eigenvalue weighted by molar-refractivity contribution is -0.117. The van der Waals surface area contributed by atoms with E-state index in [4.69, 9.17) is 0 Å². The lowest BCUT2D eigenvalue weighted by atomic mass is 10.2. The molecule has 0 atom stereocenters. The van der Waals surface area contributed by atoms with E-state index in [1.54, 1.807) is 18.5 Å². The molecule has 0 spiro atoms. The number of nitrogens with zero attached hydrogens (tertiary/aromatic N) is 3. The van der Waals surface area contributed by atoms with Crippen molar-refractivity contribution in [3.63, 3.8) is 0 Å². The molecule has 0 radical (unpaired) electrons. The number of aromatic nitrogens is 1. The van der Waals surface area contributed by atoms with Crippen molar-refractivity contribution in [1.29, 1.82) is 0 Å². The Morgan fingerprint density at radius 1 is 1.20 bits per heavy atom. The maximum Gasteiger partial charge on any atom is 0.242 e. The average Bonchev–Trinajstić information content (AvgIpc) is 2.47. The maximum atomic E-state index is 11.7. The van der Waals surface area contributed by atoms with Gasteiger partial charge in [0.2, 0.25) is 5.91 Å². The van der Waals surface area contributed by atoms with Crippen molar-refractivity contribution in [3.8, 4) is 0 Å². The quantitative estimate of drug-likeness (QED) is 0.877. The van der Waals surface area contributed by atoms with Crippen LogP contribution in [0.15, 0.2) is 53.8 Å². The SMILES string of the molecule is CC(=O)N1NC(c2ccccc2)=Nc2cnccc21.Cl. The van der Waals surface area contributed by atoms with Gasteiger partial charge in [-0.25, -0.2) is 10.0 Å². The zero-order chi connectivity index (χ0) is 13.2. The number of carbonyl (C=O) groups excluding carboxylic acids is 1. The third-order valence-corrected chi connectivity index (χ3v) is 2.83. The molecule has 0 unspecified atom stereocenters. The van der Waals surface area contributed by atoms with Gasteiger partial charge in [-0.3, -0.25) is 15.2 Å². The number of pyridine rings is 1. The van der Waals surface area contributed by atoms with Crippen LogP contribution in [0.4, 0.5) is 11.4 Å². The number of anilines is 1. The fourth-order valence-electron chi connectivity index (χ4n) is 1.94. The minimum absolute atomic E-state index is 0. The van der Waals surface area contributed by atoms with Gasteiger partial charge in [-0.2, -0.15) is 0 Å². The molecule has 2 heterocycles. The highest BCUT2D eigenvalue weighted by molar-refractivity contribution is 6.08. The maximum absolute atomic E-state index is 11.7. The summed E-state index contributed by atoms with van der Waals surface area (Å²) in [5.74, 6) is 0.534. The number of hydrazine groups is 1. The van der Waals surface area contributed by atoms with E-state index in [1.807, 2.05) is 30.3 Å². The summed E-state index contributed by atoms with van der Waals surface area (Å²) in [5.41, 5.74) is 5.34. The van der Waals surface area contributed by atoms with Crippen LogP contribution in [0.3, 0.4) is 0 Å². The molecule has 5 nitrogen and oxygen atoms in total. The first-order valence-corrected chi connectivity index (χ1v) is 5.91. The van der Waals surface area contributed by atoms with Crippen molar-refractivity contribution in [1.82, 2.24) is 10.4 Å². The van der Waals surface area contributed by atoms with Gasteiger partial charge in [0.05, 0.1) is 11.9 Å². The zero-order valence-corrected chi connectivity index (χ0v) is 11.6. The smallest absolute Gasteiger partial charge is 0.242 e. The number of benzene rings is 1. The van der Waals surface area contributed by atoms with E-state index in [0.29, 0.717) is 17.2 Å². The van der Waals surface area contributed by atoms with Crippen LogP contribution < -0.4 is 10.4 Å². The number of rotatable bonds is 1. The Balaban J connectivity index is 0.00000147. The molecule has 1 aliphatic rings. The molecule has 6 heteroatoms. The summed E-state index contributed by atoms with van der Waals surface area (Å²) in [6.07, 6.45) is 3.29. The fourth-order valence-corrected chi connectivity index (χ4v) is 1.94. The van der Waals surface area contributed by atoms with Crippen LogP contribution >= 0.6 is 12.4 Å². The number of fused-ring (bicyclic) bond motifs is 1. The first kappa shape index (κ1) is 14.0. The molecule has 1 aromatic carbocycles. The highest BCUT2D eigenvalue weighted by Gasteiger charge is 2.22. The Kier molecular flexibility index (Phi) is 4.00. The first-order valence-electron chi connectivity index (χ1n) is 5.91. The Hall–Kier alpha value is -2.40. The van der Waals surface area contributed by atoms with E-state index in [-0.39, 0.29) is 18.3 Å². The number of carbonyl (C=O) groups is 1. The van der Waals surface area contributed by atoms with E-state index in [9.17, 15) is 4.79 Å². The second kappa shape index (κ2) is 5.71. The molecule has 0 bridgehead atoms. The third kappa shape index (κ3) is 2.48. The van der Waals surface area contributed by atoms with Crippen LogP contribution in [0.25, 0.3) is 0 Å². The molecule has 3 rings (SSSR count). The molecule has 1 aliphatic heterocycles. The summed E-state index contributed by atoms with van der Waals surface area (Å²) >= 11 is 0. The summed E-state index contributed by atoms with van der Waals surface area (Å²) in [6, 6.07) is 11.4. The van der Waals surface area contributed by atoms with E-state index in [1.165, 1.54) is 11.9 Å². The van der Waals surface area contributed by atoms with Crippen molar-refractivity contribution in [2.75, 3.05) is 5.01 Å². The predicted octanol–water partition coefficient (Wildman–Crippen LogP) is 2.45. The molecule has 1 N–H and O–H groups in total. The lowest BCUT2D eigenvalue weighted by Gasteiger charge is -2.28. The molecule has 0 fully saturated rings. The number of hydrogen-bond acceptors (Lipinski definition) is 4. The Labute approximate surface area is 122 Å². The van der Waals surface area contributed by atoms with Crippen LogP contribution in [-0.2, 0) is 4.79 Å². The molecular formula is C14H13ClN4O. The number of hydrogen-bond donors (Lipinski definition) is 1. The summed E-state index contributed by atoms with van der Waals surface area (Å²) in [6.45, 7) is 1.51. The van der Waals surface area contributed by atoms with E-state index in [2.05, 4.69) is 15.4 Å². The van der Waals surface area contributed by atoms with E-state index < -0.39 is 0 Å². The molecular weight excluding hydrogens is 276 g/mol. The predicted molar refractivity (Wildman–Crippen MR) is 80.4 cm³/mol. The Morgan fingerprint density at radius 2 is 1.95 bits per heavy atom. The van der Waals surface area contributed by atoms with Crippen LogP contribution in [0.2, 0.25) is 0 Å². The Bertz CT molecular complexity index is 657. The number of nitrogens with one attached hydrogen (secondary N) is 1. The molecule has 2 aromatic rings. The fraction of sp³-hybridized carbons (Fsp3) is 0.0714. The first-order chi connectivity index (χ1) is 9.25. The Morgan fingerprint density at radius 3 is 2.65 bits per heavy atom. The van der Waals surface area contributed by atoms with Crippen LogP contribution in [0, 0.1) is 0 Å². The average molecular weight is 289 g/mol. The van der Waals surface area contributed by atoms with Crippen LogP contribution in [-0.4, -0.2) is 16.7 Å². The standard InChI is InChI=1S/C14H12N4O.ClH/c1-10(19)18-13-7-8-15-9-12(13)16-14(17-18)11-5-3-2-4-6-11;/h2-9H,1H3,(H,16,17);1H. The largest absolute Gasteiger partial charge is 0.274 e. The zero-order valence-electron chi connectivity index (χ0n) is 10.8. The van der Waals surface area contributed by atoms with Gasteiger partial charge in [0.1, 0.15) is 5.69 Å². The van der Waals surface area contributed by atoms with Gasteiger partial charge in [-0.1, -0.05) is 30.3 Å². The monoisotopic (exact) mass is 288 g/mol. The highest BCUT2D eigenvalue weighted by Crippen LogP contribution is 2.30. The van der Waals surface area contributed by atoms with Gasteiger partial charge in [0, 0.05) is 18.7 Å². The van der Waals surface area contributed by atoms with Gasteiger partial charge in [0.15, 0.2) is 5.84 Å². The van der Waals surface area contributed by atoms with Gasteiger partial charge in [0.25, 0.3) is 0 Å². The number of aliphatic imine (C=N–C) groups is 1. The second-order valence-electron chi connectivity index (χ2n) is 4.16. The minimum Gasteiger partial charge on any atom is -0.274 e. The van der Waals surface area contributed by atoms with Crippen LogP contribution in [0.5, 0.6) is 0 Å². The van der Waals surface area contributed by atoms with Gasteiger partial charge >= 0.3 is 0 Å². The minimum atomic E-state index is -0.101. The molecule has 0 aliphatic carbocycles. The van der Waals surface area contributed by atoms with Crippen molar-refractivity contribution in [2.45, 2.75) is 6.92 Å². The summed E-state index contributed by atoms with van der Waals surface area (Å²) in [5, 5.41) is 1.48. The number of halogens is 1. The topological polar surface area (TPSA) is 57.6 Å². The third-order valence-electron chi connectivity index (χ3n) is 2.83. The number of amides is 1. The number of amidine groups is 1.